The van der Waals surface area contributed by atoms with Gasteiger partial charge in [0, 0.05) is 51.4 Å². The van der Waals surface area contributed by atoms with E-state index in [-0.39, 0.29) is 137 Å². The van der Waals surface area contributed by atoms with Crippen LogP contribution in [0, 0.1) is 35.7 Å². The molecule has 0 bridgehead atoms. The molecule has 746 valence electrons. The zero-order valence-corrected chi connectivity index (χ0v) is 76.4. The highest BCUT2D eigenvalue weighted by Crippen LogP contribution is 2.43. The summed E-state index contributed by atoms with van der Waals surface area (Å²) in [7, 11) is 5.12. The number of imidazole rings is 3. The van der Waals surface area contributed by atoms with Gasteiger partial charge in [-0.15, -0.1) is 0 Å². The summed E-state index contributed by atoms with van der Waals surface area (Å²) in [6.45, 7) is 7.31. The lowest BCUT2D eigenvalue weighted by Gasteiger charge is -2.05. The van der Waals surface area contributed by atoms with Crippen LogP contribution in [0.5, 0.6) is 17.2 Å². The molecule has 11 N–H and O–H groups in total. The van der Waals surface area contributed by atoms with Gasteiger partial charge in [0.1, 0.15) is 61.4 Å². The lowest BCUT2D eigenvalue weighted by Crippen LogP contribution is -2.04. The molecule has 0 amide bonds. The number of nitro groups is 1. The number of aliphatic hydroxyl groups is 1. The van der Waals surface area contributed by atoms with Crippen molar-refractivity contribution in [2.45, 2.75) is 71.4 Å². The molecule has 11 aromatic carbocycles. The van der Waals surface area contributed by atoms with Gasteiger partial charge < -0.3 is 76.8 Å². The number of nitrogens with two attached hydrogens (primary N) is 1. The van der Waals surface area contributed by atoms with Crippen LogP contribution >= 0.6 is 23.8 Å². The molecule has 19 rings (SSSR count). The van der Waals surface area contributed by atoms with Crippen LogP contribution in [-0.4, -0.2) is 121 Å². The van der Waals surface area contributed by atoms with E-state index in [1.807, 2.05) is 44.2 Å². The topological polar surface area (TPSA) is 453 Å². The number of anilines is 7. The Morgan fingerprint density at radius 1 is 0.462 bits per heavy atom. The molecule has 0 saturated carbocycles. The first kappa shape index (κ1) is 105. The number of para-hydroxylation sites is 8. The van der Waals surface area contributed by atoms with Crippen LogP contribution in [0.4, 0.5) is 113 Å². The van der Waals surface area contributed by atoms with Crippen LogP contribution in [-0.2, 0) is 56.8 Å². The Morgan fingerprint density at radius 3 is 1.22 bits per heavy atom. The molecule has 0 saturated heterocycles. The first-order valence-electron chi connectivity index (χ1n) is 41.5. The number of nitro benzene ring substituents is 1. The normalized spacial score (nSPS) is 11.6. The fourth-order valence-electron chi connectivity index (χ4n) is 13.4. The van der Waals surface area contributed by atoms with Crippen molar-refractivity contribution in [1.82, 2.24) is 53.6 Å². The van der Waals surface area contributed by atoms with Crippen LogP contribution in [0.3, 0.4) is 0 Å². The van der Waals surface area contributed by atoms with Gasteiger partial charge in [0.15, 0.2) is 45.2 Å². The van der Waals surface area contributed by atoms with Gasteiger partial charge in [0.2, 0.25) is 17.8 Å². The van der Waals surface area contributed by atoms with Gasteiger partial charge in [0.05, 0.1) is 68.0 Å². The summed E-state index contributed by atoms with van der Waals surface area (Å²) in [5.41, 5.74) is 7.02. The maximum absolute atomic E-state index is 13.2. The van der Waals surface area contributed by atoms with Crippen molar-refractivity contribution in [2.75, 3.05) is 41.5 Å². The summed E-state index contributed by atoms with van der Waals surface area (Å²) in [6.07, 6.45) is -21.7. The van der Waals surface area contributed by atoms with E-state index in [4.69, 9.17) is 65.3 Å². The van der Waals surface area contributed by atoms with E-state index in [0.717, 1.165) is 47.0 Å². The Hall–Kier alpha value is -16.6. The van der Waals surface area contributed by atoms with E-state index in [2.05, 4.69) is 72.5 Å². The third-order valence-corrected chi connectivity index (χ3v) is 21.0. The fraction of sp³-hybridized carbons (Fsp3) is 0.181. The number of aromatic amines is 1. The lowest BCUT2D eigenvalue weighted by molar-refractivity contribution is -0.385. The number of carboxylic acids is 1. The summed E-state index contributed by atoms with van der Waals surface area (Å²) in [5, 5.41) is 63.2. The van der Waals surface area contributed by atoms with Gasteiger partial charge in [0.25, 0.3) is 10.2 Å². The number of hydrogen-bond acceptors (Lipinski definition) is 27. The number of carbonyl (C=O) groups excluding carboxylic acids is 2. The second-order valence-electron chi connectivity index (χ2n) is 30.5. The number of ketones is 2. The SMILES string of the molecule is CC(=O)c1ccc2c(c1)nc(Nc1nc3cccc(C(F)(F)F)c3o1)n2C.Cc1cccc(N)c1O.Cc1cccc([N+](=O)[O-])c1O.Cc1ccccc1O.Cn1c(Nc2nc3cccc(C(F)(F)F)c3o2)nc2cc(C(=O)CCCOCCO)ccc21.Cn1c(Nc2nc3cccc(C(F)(F)F)c3o2)nc2cc(C(=O)O)ccc21.FC(F)(F)c1cccc2[nH]c(=S)oc12.FC(F)(F)c1cccc2nc(Cl)oc12. The predicted octanol–water partition coefficient (Wildman–Crippen LogP) is 24.9. The molecule has 0 atom stereocenters. The van der Waals surface area contributed by atoms with Crippen molar-refractivity contribution in [3.63, 3.8) is 0 Å². The number of carbonyl (C=O) groups is 3. The molecule has 0 fully saturated rings. The Bertz CT molecular complexity index is 7730. The molecule has 0 aliphatic heterocycles. The number of nitrogens with zero attached hydrogens (tertiary/aromatic N) is 11. The van der Waals surface area contributed by atoms with E-state index in [1.54, 1.807) is 102 Å². The number of nitrogen functional groups attached to an aromatic ring is 1. The minimum atomic E-state index is -4.57. The van der Waals surface area contributed by atoms with Gasteiger partial charge in [-0.05, 0) is 202 Å². The number of phenols is 3. The number of aromatic nitrogens is 11. The average Bonchev–Trinajstić information content (AvgIpc) is 1.63. The van der Waals surface area contributed by atoms with E-state index in [0.29, 0.717) is 87.1 Å². The first-order valence-corrected chi connectivity index (χ1v) is 42.3. The maximum atomic E-state index is 13.2. The highest BCUT2D eigenvalue weighted by molar-refractivity contribution is 7.71. The Kier molecular flexibility index (Phi) is 32.3. The number of nitrogens with one attached hydrogen (secondary N) is 4. The van der Waals surface area contributed by atoms with E-state index >= 15 is 0 Å². The molecule has 0 aliphatic rings. The van der Waals surface area contributed by atoms with E-state index < -0.39 is 69.6 Å². The second kappa shape index (κ2) is 43.8. The average molecular weight is 2040 g/mol. The second-order valence-corrected chi connectivity index (χ2v) is 31.2. The lowest BCUT2D eigenvalue weighted by atomic mass is 10.1. The monoisotopic (exact) mass is 2040 g/mol. The standard InChI is InChI=1S/C22H21F3N4O4.C18H13F3N4O2.C17H11F3N4O3.C8H3ClF3NO.C8H4F3NOS.C7H7NO3.C7H9NO.C7H8O/c1-29-17-8-7-13(18(31)6-3-10-32-11-9-30)12-16(17)26-20(29)28-21-27-15-5-2-4-14(19(15)33-21)22(23,24)25;1-9(26)10-6-7-14-13(8-10)22-16(25(14)2)24-17-23-12-5-3-4-11(15(12)27-17)18(19,20)21;1-24-12-6-5-8(14(25)26)7-11(12)21-15(24)23-16-22-10-4-2-3-9(13(10)27-16)17(18,19)20;9-7-13-5-3-1-2-4(6(5)14-7)8(10,11)12;9-8(10,11)4-2-1-3-5-6(4)13-7(14)12-5;1-5-3-2-4-6(7(5)9)8(10)11;1-5-3-2-4-6(8)7(5)9;1-6-4-2-3-5-7(6)8/h2,4-5,7-8,12,30H,3,6,9-11H2,1H3,(H,26,27,28);3-8H,1-2H3,(H,22,23,24);2-7H,1H3,(H,25,26)(H,21,22,23);1-3H;1-3H,(H,12,14);2-4,9H,1H3;2-4,9H,8H2,1H3;2-5,8H,1H3. The number of phenolic OH excluding ortho intramolecular Hbond substituents is 3. The summed E-state index contributed by atoms with van der Waals surface area (Å²) in [4.78, 5) is 75.9. The van der Waals surface area contributed by atoms with Gasteiger partial charge >= 0.3 is 60.6 Å². The number of alkyl halides is 15. The summed E-state index contributed by atoms with van der Waals surface area (Å²) in [6, 6.07) is 49.3. The molecule has 143 heavy (non-hydrogen) atoms. The Balaban J connectivity index is 0.000000152. The molecule has 0 radical (unpaired) electrons. The number of aromatic hydroxyl groups is 3. The number of H-pyrrole nitrogens is 1. The van der Waals surface area contributed by atoms with E-state index in [9.17, 15) is 90.4 Å². The van der Waals surface area contributed by atoms with Gasteiger partial charge in [-0.25, -0.2) is 19.7 Å². The van der Waals surface area contributed by atoms with Crippen LogP contribution < -0.4 is 21.7 Å². The Labute approximate surface area is 803 Å². The van der Waals surface area contributed by atoms with Crippen LogP contribution in [0.25, 0.3) is 88.6 Å². The zero-order chi connectivity index (χ0) is 104. The number of fused-ring (bicyclic) bond motifs is 8. The van der Waals surface area contributed by atoms with Crippen LogP contribution in [0.2, 0.25) is 5.35 Å². The summed E-state index contributed by atoms with van der Waals surface area (Å²) in [5.74, 6) is -0.0669. The molecular formula is C94H76ClF15N16O16S. The Morgan fingerprint density at radius 2 is 0.832 bits per heavy atom. The number of oxazole rings is 5. The van der Waals surface area contributed by atoms with Crippen molar-refractivity contribution < 1.29 is 138 Å². The van der Waals surface area contributed by atoms with Crippen LogP contribution in [0.1, 0.15) is 95.3 Å². The van der Waals surface area contributed by atoms with Gasteiger partial charge in [-0.2, -0.15) is 85.8 Å². The highest BCUT2D eigenvalue weighted by atomic mass is 35.5. The fourth-order valence-corrected chi connectivity index (χ4v) is 13.8. The molecular weight excluding hydrogens is 1960 g/mol. The number of carboxylic acid groups (broad SMARTS) is 1. The molecule has 19 aromatic rings. The molecule has 49 heteroatoms. The molecule has 8 aromatic heterocycles. The number of aliphatic hydroxyl groups excluding tert-OH is 1. The number of hydrogen-bond donors (Lipinski definition) is 10. The summed E-state index contributed by atoms with van der Waals surface area (Å²) < 4.78 is 228. The quantitative estimate of drug-likeness (QED) is 0.00628. The third kappa shape index (κ3) is 25.7. The zero-order valence-electron chi connectivity index (χ0n) is 74.8. The highest BCUT2D eigenvalue weighted by Gasteiger charge is 2.39. The molecule has 0 spiro atoms. The smallest absolute Gasteiger partial charge is 0.420 e. The predicted molar refractivity (Wildman–Crippen MR) is 497 cm³/mol. The number of halogens is 16. The number of aromatic carboxylic acids is 1. The van der Waals surface area contributed by atoms with Crippen molar-refractivity contribution in [3.8, 4) is 17.2 Å². The van der Waals surface area contributed by atoms with Crippen LogP contribution in [0.15, 0.2) is 228 Å². The number of Topliss-reactive ketones (excluding diaryl/α,β-unsaturated/α-hetero) is 2. The molecule has 0 aliphatic carbocycles. The molecule has 8 heterocycles. The third-order valence-electron chi connectivity index (χ3n) is 20.6. The number of ether oxygens (including phenoxy) is 1. The minimum Gasteiger partial charge on any atom is -0.508 e. The molecule has 0 unspecified atom stereocenters. The number of benzene rings is 11. The molecule has 32 nitrogen and oxygen atoms in total. The van der Waals surface area contributed by atoms with E-state index in [1.165, 1.54) is 91.9 Å². The summed E-state index contributed by atoms with van der Waals surface area (Å²) >= 11 is 9.97. The number of rotatable bonds is 16. The largest absolute Gasteiger partial charge is 0.508 e. The van der Waals surface area contributed by atoms with Gasteiger partial charge in [-0.3, -0.25) is 35.7 Å². The first-order chi connectivity index (χ1) is 67.4. The van der Waals surface area contributed by atoms with Crippen molar-refractivity contribution >= 4 is 177 Å². The van der Waals surface area contributed by atoms with Crippen molar-refractivity contribution in [3.05, 3.63) is 288 Å². The van der Waals surface area contributed by atoms with Crippen molar-refractivity contribution in [1.29, 1.82) is 0 Å². The van der Waals surface area contributed by atoms with Gasteiger partial charge in [-0.1, -0.05) is 72.8 Å². The number of aryl methyl sites for hydroxylation is 6. The minimum absolute atomic E-state index is 0.0549. The maximum Gasteiger partial charge on any atom is 0.420 e. The van der Waals surface area contributed by atoms with Crippen molar-refractivity contribution in [2.24, 2.45) is 21.1 Å².